The van der Waals surface area contributed by atoms with Gasteiger partial charge in [0.2, 0.25) is 15.9 Å². The third-order valence-corrected chi connectivity index (χ3v) is 7.73. The second-order valence-corrected chi connectivity index (χ2v) is 9.74. The Labute approximate surface area is 183 Å². The molecule has 1 atom stereocenters. The smallest absolute Gasteiger partial charge is 0.335 e. The van der Waals surface area contributed by atoms with Crippen molar-refractivity contribution in [2.75, 3.05) is 13.1 Å². The van der Waals surface area contributed by atoms with Gasteiger partial charge in [0.1, 0.15) is 15.9 Å². The number of rotatable bonds is 6. The third-order valence-electron chi connectivity index (χ3n) is 5.29. The van der Waals surface area contributed by atoms with Gasteiger partial charge in [-0.2, -0.15) is 13.1 Å². The van der Waals surface area contributed by atoms with Gasteiger partial charge in [0.25, 0.3) is 0 Å². The lowest BCUT2D eigenvalue weighted by Gasteiger charge is -2.31. The van der Waals surface area contributed by atoms with E-state index in [-0.39, 0.29) is 29.5 Å². The Kier molecular flexibility index (Phi) is 5.99. The Hall–Kier alpha value is -2.89. The lowest BCUT2D eigenvalue weighted by molar-refractivity contribution is -0.126. The molecule has 2 N–H and O–H groups in total. The van der Waals surface area contributed by atoms with Crippen LogP contribution in [0.15, 0.2) is 47.4 Å². The maximum atomic E-state index is 13.2. The molecule has 1 unspecified atom stereocenters. The summed E-state index contributed by atoms with van der Waals surface area (Å²) < 4.78 is 36.0. The molecular weight excluding hydrogens is 440 g/mol. The van der Waals surface area contributed by atoms with Crippen LogP contribution >= 0.6 is 11.7 Å². The number of nitrogens with one attached hydrogen (secondary N) is 1. The Morgan fingerprint density at radius 1 is 1.16 bits per heavy atom. The fourth-order valence-corrected chi connectivity index (χ4v) is 5.88. The van der Waals surface area contributed by atoms with Crippen molar-refractivity contribution in [2.24, 2.45) is 5.92 Å². The molecule has 1 aliphatic heterocycles. The zero-order chi connectivity index (χ0) is 22.0. The normalized spacial score (nSPS) is 17.5. The van der Waals surface area contributed by atoms with Gasteiger partial charge in [-0.3, -0.25) is 4.79 Å². The van der Waals surface area contributed by atoms with Crippen LogP contribution in [0.25, 0.3) is 11.0 Å². The number of nitrogens with zero attached hydrogens (tertiary/aromatic N) is 3. The first kappa shape index (κ1) is 21.3. The number of piperidine rings is 1. The minimum absolute atomic E-state index is 0.0973. The molecule has 4 rings (SSSR count). The number of carbonyl (C=O) groups excluding carboxylic acids is 1. The summed E-state index contributed by atoms with van der Waals surface area (Å²) in [6, 6.07) is 11.1. The number of aromatic carboxylic acids is 1. The molecule has 0 spiro atoms. The molecule has 1 fully saturated rings. The van der Waals surface area contributed by atoms with E-state index < -0.39 is 21.9 Å². The number of aromatic nitrogens is 2. The number of hydrogen-bond donors (Lipinski definition) is 2. The van der Waals surface area contributed by atoms with Crippen molar-refractivity contribution in [1.82, 2.24) is 18.4 Å². The maximum Gasteiger partial charge on any atom is 0.335 e. The van der Waals surface area contributed by atoms with E-state index in [1.807, 2.05) is 0 Å². The molecule has 2 heterocycles. The lowest BCUT2D eigenvalue weighted by atomic mass is 9.98. The standard InChI is InChI=1S/C20H20N4O5S2/c25-19(21-11-13-6-8-14(9-7-13)20(26)27)15-3-2-10-24(12-15)31(28,29)17-5-1-4-16-18(17)23-30-22-16/h1,4-9,15H,2-3,10-12H2,(H,21,25)(H,26,27). The Balaban J connectivity index is 1.43. The minimum atomic E-state index is -3.80. The summed E-state index contributed by atoms with van der Waals surface area (Å²) in [5.74, 6) is -1.70. The van der Waals surface area contributed by atoms with Crippen LogP contribution in [-0.2, 0) is 21.4 Å². The summed E-state index contributed by atoms with van der Waals surface area (Å²) in [5.41, 5.74) is 1.82. The van der Waals surface area contributed by atoms with Crippen molar-refractivity contribution in [1.29, 1.82) is 0 Å². The lowest BCUT2D eigenvalue weighted by Crippen LogP contribution is -2.45. The van der Waals surface area contributed by atoms with E-state index >= 15 is 0 Å². The Bertz CT molecular complexity index is 1220. The molecule has 0 radical (unpaired) electrons. The van der Waals surface area contributed by atoms with Crippen LogP contribution in [0, 0.1) is 5.92 Å². The predicted octanol–water partition coefficient (Wildman–Crippen LogP) is 2.11. The Morgan fingerprint density at radius 2 is 1.94 bits per heavy atom. The number of carbonyl (C=O) groups is 2. The molecule has 1 aliphatic rings. The zero-order valence-electron chi connectivity index (χ0n) is 16.4. The third kappa shape index (κ3) is 4.43. The highest BCUT2D eigenvalue weighted by Gasteiger charge is 2.34. The maximum absolute atomic E-state index is 13.2. The number of benzene rings is 2. The monoisotopic (exact) mass is 460 g/mol. The summed E-state index contributed by atoms with van der Waals surface area (Å²) in [6.07, 6.45) is 1.17. The number of hydrogen-bond acceptors (Lipinski definition) is 7. The van der Waals surface area contributed by atoms with E-state index in [2.05, 4.69) is 14.1 Å². The quantitative estimate of drug-likeness (QED) is 0.576. The zero-order valence-corrected chi connectivity index (χ0v) is 18.0. The van der Waals surface area contributed by atoms with Gasteiger partial charge >= 0.3 is 5.97 Å². The number of carboxylic acid groups (broad SMARTS) is 1. The average molecular weight is 461 g/mol. The highest BCUT2D eigenvalue weighted by atomic mass is 32.2. The molecule has 0 aliphatic carbocycles. The van der Waals surface area contributed by atoms with Crippen LogP contribution in [-0.4, -0.2) is 51.5 Å². The van der Waals surface area contributed by atoms with Crippen LogP contribution in [0.2, 0.25) is 0 Å². The van der Waals surface area contributed by atoms with Crippen molar-refractivity contribution < 1.29 is 23.1 Å². The predicted molar refractivity (Wildman–Crippen MR) is 114 cm³/mol. The van der Waals surface area contributed by atoms with Crippen molar-refractivity contribution in [3.63, 3.8) is 0 Å². The largest absolute Gasteiger partial charge is 0.478 e. The first-order valence-corrected chi connectivity index (χ1v) is 11.8. The topological polar surface area (TPSA) is 130 Å². The summed E-state index contributed by atoms with van der Waals surface area (Å²) >= 11 is 0.963. The van der Waals surface area contributed by atoms with Gasteiger partial charge in [0, 0.05) is 19.6 Å². The second kappa shape index (κ2) is 8.69. The molecule has 1 amide bonds. The first-order valence-electron chi connectivity index (χ1n) is 9.67. The van der Waals surface area contributed by atoms with Gasteiger partial charge in [0.15, 0.2) is 0 Å². The summed E-state index contributed by atoms with van der Waals surface area (Å²) in [6.45, 7) is 0.683. The van der Waals surface area contributed by atoms with Gasteiger partial charge < -0.3 is 10.4 Å². The number of amides is 1. The van der Waals surface area contributed by atoms with Crippen molar-refractivity contribution in [2.45, 2.75) is 24.3 Å². The Morgan fingerprint density at radius 3 is 2.68 bits per heavy atom. The van der Waals surface area contributed by atoms with E-state index in [0.29, 0.717) is 30.4 Å². The number of sulfonamides is 1. The molecular formula is C20H20N4O5S2. The highest BCUT2D eigenvalue weighted by molar-refractivity contribution is 7.89. The van der Waals surface area contributed by atoms with E-state index in [4.69, 9.17) is 5.11 Å². The molecule has 11 heteroatoms. The van der Waals surface area contributed by atoms with Crippen molar-refractivity contribution in [3.8, 4) is 0 Å². The van der Waals surface area contributed by atoms with Crippen LogP contribution in [0.5, 0.6) is 0 Å². The number of carboxylic acids is 1. The van der Waals surface area contributed by atoms with Crippen LogP contribution in [0.1, 0.15) is 28.8 Å². The molecule has 1 saturated heterocycles. The van der Waals surface area contributed by atoms with E-state index in [9.17, 15) is 18.0 Å². The SMILES string of the molecule is O=C(O)c1ccc(CNC(=O)C2CCCN(S(=O)(=O)c3cccc4nsnc34)C2)cc1. The van der Waals surface area contributed by atoms with Gasteiger partial charge in [-0.05, 0) is 42.7 Å². The van der Waals surface area contributed by atoms with Crippen LogP contribution in [0.4, 0.5) is 0 Å². The van der Waals surface area contributed by atoms with Gasteiger partial charge in [-0.25, -0.2) is 13.2 Å². The molecule has 0 saturated carbocycles. The number of fused-ring (bicyclic) bond motifs is 1. The second-order valence-electron chi connectivity index (χ2n) is 7.31. The fraction of sp³-hybridized carbons (Fsp3) is 0.300. The summed E-state index contributed by atoms with van der Waals surface area (Å²) in [5, 5.41) is 11.8. The van der Waals surface area contributed by atoms with Crippen molar-refractivity contribution in [3.05, 3.63) is 53.6 Å². The average Bonchev–Trinajstić information content (AvgIpc) is 3.26. The van der Waals surface area contributed by atoms with Gasteiger partial charge in [0.05, 0.1) is 23.2 Å². The van der Waals surface area contributed by atoms with Crippen LogP contribution < -0.4 is 5.32 Å². The van der Waals surface area contributed by atoms with Gasteiger partial charge in [-0.1, -0.05) is 18.2 Å². The minimum Gasteiger partial charge on any atom is -0.478 e. The fourth-order valence-electron chi connectivity index (χ4n) is 3.60. The molecule has 162 valence electrons. The summed E-state index contributed by atoms with van der Waals surface area (Å²) in [7, 11) is -3.80. The highest BCUT2D eigenvalue weighted by Crippen LogP contribution is 2.28. The van der Waals surface area contributed by atoms with Crippen molar-refractivity contribution >= 4 is 44.7 Å². The molecule has 0 bridgehead atoms. The summed E-state index contributed by atoms with van der Waals surface area (Å²) in [4.78, 5) is 23.7. The van der Waals surface area contributed by atoms with E-state index in [1.54, 1.807) is 24.3 Å². The van der Waals surface area contributed by atoms with Crippen LogP contribution in [0.3, 0.4) is 0 Å². The molecule has 2 aromatic carbocycles. The molecule has 1 aromatic heterocycles. The van der Waals surface area contributed by atoms with E-state index in [1.165, 1.54) is 22.5 Å². The van der Waals surface area contributed by atoms with Gasteiger partial charge in [-0.15, -0.1) is 0 Å². The molecule has 31 heavy (non-hydrogen) atoms. The molecule has 9 nitrogen and oxygen atoms in total. The first-order chi connectivity index (χ1) is 14.9. The van der Waals surface area contributed by atoms with E-state index in [0.717, 1.165) is 17.3 Å². The molecule has 3 aromatic rings.